The summed E-state index contributed by atoms with van der Waals surface area (Å²) in [6.45, 7) is 4.14. The molecule has 0 aliphatic rings. The van der Waals surface area contributed by atoms with Crippen molar-refractivity contribution in [2.75, 3.05) is 12.0 Å². The zero-order chi connectivity index (χ0) is 24.5. The fraction of sp³-hybridized carbons (Fsp3) is 0.172. The monoisotopic (exact) mass is 457 g/mol. The van der Waals surface area contributed by atoms with Crippen molar-refractivity contribution in [2.24, 2.45) is 5.92 Å². The van der Waals surface area contributed by atoms with E-state index in [1.807, 2.05) is 68.5 Å². The summed E-state index contributed by atoms with van der Waals surface area (Å²) in [5.41, 5.74) is 3.96. The van der Waals surface area contributed by atoms with Crippen LogP contribution >= 0.6 is 0 Å². The Balaban J connectivity index is 1.80. The fourth-order valence-corrected chi connectivity index (χ4v) is 3.35. The molecule has 0 unspecified atom stereocenters. The van der Waals surface area contributed by atoms with E-state index in [1.165, 1.54) is 19.3 Å². The summed E-state index contributed by atoms with van der Waals surface area (Å²) in [6.07, 6.45) is 6.61. The number of hydrogen-bond acceptors (Lipinski definition) is 3. The molecule has 0 aliphatic heterocycles. The Morgan fingerprint density at radius 1 is 0.912 bits per heavy atom. The molecule has 174 valence electrons. The van der Waals surface area contributed by atoms with E-state index >= 15 is 0 Å². The van der Waals surface area contributed by atoms with E-state index in [0.717, 1.165) is 22.4 Å². The largest absolute Gasteiger partial charge is 0.466 e. The summed E-state index contributed by atoms with van der Waals surface area (Å²) in [7, 11) is 1.33. The molecule has 0 N–H and O–H groups in total. The maximum Gasteiger partial charge on any atom is 0.330 e. The van der Waals surface area contributed by atoms with Gasteiger partial charge in [-0.1, -0.05) is 80.6 Å². The van der Waals surface area contributed by atoms with Gasteiger partial charge in [0.25, 0.3) is 0 Å². The first-order chi connectivity index (χ1) is 16.4. The van der Waals surface area contributed by atoms with E-state index in [9.17, 15) is 14.0 Å². The average Bonchev–Trinajstić information content (AvgIpc) is 2.85. The smallest absolute Gasteiger partial charge is 0.330 e. The molecule has 0 spiro atoms. The molecular formula is C29H28FNO3. The van der Waals surface area contributed by atoms with Crippen LogP contribution in [0.1, 0.15) is 36.1 Å². The molecular weight excluding hydrogens is 429 g/mol. The van der Waals surface area contributed by atoms with Crippen molar-refractivity contribution in [2.45, 2.75) is 20.4 Å². The average molecular weight is 458 g/mol. The molecule has 0 saturated carbocycles. The number of carbonyl (C=O) groups excluding carboxylic acids is 2. The van der Waals surface area contributed by atoms with E-state index in [2.05, 4.69) is 4.74 Å². The first kappa shape index (κ1) is 24.6. The van der Waals surface area contributed by atoms with Gasteiger partial charge in [-0.15, -0.1) is 0 Å². The normalized spacial score (nSPS) is 11.3. The van der Waals surface area contributed by atoms with Crippen molar-refractivity contribution in [1.82, 2.24) is 0 Å². The van der Waals surface area contributed by atoms with Crippen LogP contribution in [-0.4, -0.2) is 19.0 Å². The van der Waals surface area contributed by atoms with Crippen LogP contribution in [0.2, 0.25) is 0 Å². The van der Waals surface area contributed by atoms with Crippen LogP contribution in [0.25, 0.3) is 18.2 Å². The summed E-state index contributed by atoms with van der Waals surface area (Å²) in [5, 5.41) is 0. The molecule has 0 radical (unpaired) electrons. The van der Waals surface area contributed by atoms with E-state index in [4.69, 9.17) is 0 Å². The first-order valence-corrected chi connectivity index (χ1v) is 11.1. The van der Waals surface area contributed by atoms with E-state index in [-0.39, 0.29) is 17.6 Å². The van der Waals surface area contributed by atoms with Gasteiger partial charge in [0.15, 0.2) is 0 Å². The topological polar surface area (TPSA) is 46.6 Å². The van der Waals surface area contributed by atoms with E-state index < -0.39 is 5.97 Å². The molecule has 4 nitrogen and oxygen atoms in total. The molecule has 1 amide bonds. The second-order valence-electron chi connectivity index (χ2n) is 8.13. The number of halogens is 1. The van der Waals surface area contributed by atoms with Crippen LogP contribution in [0.3, 0.4) is 0 Å². The highest BCUT2D eigenvalue weighted by Crippen LogP contribution is 2.23. The molecule has 34 heavy (non-hydrogen) atoms. The molecule has 5 heteroatoms. The number of rotatable bonds is 8. The van der Waals surface area contributed by atoms with Gasteiger partial charge < -0.3 is 9.64 Å². The summed E-state index contributed by atoms with van der Waals surface area (Å²) >= 11 is 0. The van der Waals surface area contributed by atoms with E-state index in [0.29, 0.717) is 12.1 Å². The highest BCUT2D eigenvalue weighted by molar-refractivity contribution is 5.95. The number of amides is 1. The van der Waals surface area contributed by atoms with Crippen LogP contribution in [0.5, 0.6) is 0 Å². The second kappa shape index (κ2) is 11.8. The van der Waals surface area contributed by atoms with Crippen molar-refractivity contribution in [3.63, 3.8) is 0 Å². The number of anilines is 1. The van der Waals surface area contributed by atoms with Gasteiger partial charge in [0, 0.05) is 23.2 Å². The SMILES string of the molecule is COC(=O)/C=C/c1cccc(N(Cc2ccc(/C=C/c3ccccc3F)cc2)C(=O)C(C)C)c1. The van der Waals surface area contributed by atoms with Crippen molar-refractivity contribution >= 4 is 35.8 Å². The maximum atomic E-state index is 13.8. The molecule has 0 aliphatic carbocycles. The molecule has 0 heterocycles. The lowest BCUT2D eigenvalue weighted by Crippen LogP contribution is -2.33. The molecule has 3 aromatic rings. The molecule has 3 aromatic carbocycles. The van der Waals surface area contributed by atoms with Gasteiger partial charge in [-0.25, -0.2) is 9.18 Å². The summed E-state index contributed by atoms with van der Waals surface area (Å²) in [4.78, 5) is 26.2. The third-order valence-corrected chi connectivity index (χ3v) is 5.24. The standard InChI is InChI=1S/C29H28FNO3/c1-21(2)29(33)31(26-9-6-7-23(19-26)16-18-28(32)34-3)20-24-13-11-22(12-14-24)15-17-25-8-4-5-10-27(25)30/h4-19,21H,20H2,1-3H3/b17-15+,18-16+. The van der Waals surface area contributed by atoms with Gasteiger partial charge in [-0.3, -0.25) is 4.79 Å². The molecule has 0 fully saturated rings. The molecule has 3 rings (SSSR count). The number of ether oxygens (including phenoxy) is 1. The number of esters is 1. The number of hydrogen-bond donors (Lipinski definition) is 0. The number of benzene rings is 3. The van der Waals surface area contributed by atoms with Crippen LogP contribution < -0.4 is 4.90 Å². The van der Waals surface area contributed by atoms with Crippen molar-refractivity contribution in [3.8, 4) is 0 Å². The van der Waals surface area contributed by atoms with Gasteiger partial charge in [0.05, 0.1) is 13.7 Å². The number of carbonyl (C=O) groups is 2. The molecule has 0 bridgehead atoms. The second-order valence-corrected chi connectivity index (χ2v) is 8.13. The molecule has 0 atom stereocenters. The van der Waals surface area contributed by atoms with Gasteiger partial charge in [-0.05, 0) is 41.0 Å². The van der Waals surface area contributed by atoms with Crippen LogP contribution in [0, 0.1) is 11.7 Å². The summed E-state index contributed by atoms with van der Waals surface area (Å²) in [5.74, 6) is -0.888. The van der Waals surface area contributed by atoms with Crippen molar-refractivity contribution in [3.05, 3.63) is 107 Å². The lowest BCUT2D eigenvalue weighted by atomic mass is 10.1. The minimum atomic E-state index is -0.440. The zero-order valence-electron chi connectivity index (χ0n) is 19.6. The number of nitrogens with zero attached hydrogens (tertiary/aromatic N) is 1. The predicted octanol–water partition coefficient (Wildman–Crippen LogP) is 6.37. The maximum absolute atomic E-state index is 13.8. The Morgan fingerprint density at radius 2 is 1.65 bits per heavy atom. The quantitative estimate of drug-likeness (QED) is 0.224. The van der Waals surface area contributed by atoms with Gasteiger partial charge in [0.2, 0.25) is 5.91 Å². The van der Waals surface area contributed by atoms with Gasteiger partial charge >= 0.3 is 5.97 Å². The zero-order valence-corrected chi connectivity index (χ0v) is 19.6. The fourth-order valence-electron chi connectivity index (χ4n) is 3.35. The Morgan fingerprint density at radius 3 is 2.32 bits per heavy atom. The van der Waals surface area contributed by atoms with Gasteiger partial charge in [-0.2, -0.15) is 0 Å². The third-order valence-electron chi connectivity index (χ3n) is 5.24. The highest BCUT2D eigenvalue weighted by atomic mass is 19.1. The number of methoxy groups -OCH3 is 1. The lowest BCUT2D eigenvalue weighted by Gasteiger charge is -2.25. The van der Waals surface area contributed by atoms with Crippen LogP contribution in [0.4, 0.5) is 10.1 Å². The predicted molar refractivity (Wildman–Crippen MR) is 135 cm³/mol. The Hall–Kier alpha value is -3.99. The minimum Gasteiger partial charge on any atom is -0.466 e. The van der Waals surface area contributed by atoms with Crippen molar-refractivity contribution in [1.29, 1.82) is 0 Å². The third kappa shape index (κ3) is 6.75. The minimum absolute atomic E-state index is 0.00220. The first-order valence-electron chi connectivity index (χ1n) is 11.1. The molecule has 0 aromatic heterocycles. The van der Waals surface area contributed by atoms with Gasteiger partial charge in [0.1, 0.15) is 5.82 Å². The van der Waals surface area contributed by atoms with Crippen LogP contribution in [-0.2, 0) is 20.9 Å². The summed E-state index contributed by atoms with van der Waals surface area (Å²) < 4.78 is 18.5. The van der Waals surface area contributed by atoms with Crippen molar-refractivity contribution < 1.29 is 18.7 Å². The van der Waals surface area contributed by atoms with Crippen LogP contribution in [0.15, 0.2) is 78.9 Å². The Bertz CT molecular complexity index is 1200. The summed E-state index contributed by atoms with van der Waals surface area (Å²) in [6, 6.07) is 21.9. The highest BCUT2D eigenvalue weighted by Gasteiger charge is 2.19. The Kier molecular flexibility index (Phi) is 8.52. The molecule has 0 saturated heterocycles. The van der Waals surface area contributed by atoms with E-state index in [1.54, 1.807) is 35.3 Å². The Labute approximate surface area is 200 Å². The lowest BCUT2D eigenvalue weighted by molar-refractivity contribution is -0.134.